The molecule has 0 bridgehead atoms. The molecule has 1 aromatic carbocycles. The highest BCUT2D eigenvalue weighted by Crippen LogP contribution is 2.28. The van der Waals surface area contributed by atoms with Gasteiger partial charge in [-0.15, -0.1) is 0 Å². The van der Waals surface area contributed by atoms with E-state index in [0.29, 0.717) is 12.6 Å². The van der Waals surface area contributed by atoms with Gasteiger partial charge in [0.15, 0.2) is 0 Å². The van der Waals surface area contributed by atoms with Gasteiger partial charge in [0.05, 0.1) is 6.54 Å². The van der Waals surface area contributed by atoms with Gasteiger partial charge in [-0.25, -0.2) is 0 Å². The number of nitrogens with one attached hydrogen (secondary N) is 1. The molecule has 0 radical (unpaired) electrons. The second-order valence-corrected chi connectivity index (χ2v) is 4.43. The zero-order chi connectivity index (χ0) is 12.3. The van der Waals surface area contributed by atoms with E-state index in [-0.39, 0.29) is 12.5 Å². The third-order valence-electron chi connectivity index (χ3n) is 3.24. The molecular formula is C13H19N3O. The average molecular weight is 233 g/mol. The molecule has 1 aliphatic heterocycles. The Kier molecular flexibility index (Phi) is 3.64. The summed E-state index contributed by atoms with van der Waals surface area (Å²) in [4.78, 5) is 13.5. The van der Waals surface area contributed by atoms with E-state index in [0.717, 1.165) is 13.0 Å². The number of carbonyl (C=O) groups excluding carboxylic acids is 1. The third-order valence-corrected chi connectivity index (χ3v) is 3.24. The summed E-state index contributed by atoms with van der Waals surface area (Å²) in [5.74, 6) is -0.0932. The maximum atomic E-state index is 11.1. The van der Waals surface area contributed by atoms with Crippen molar-refractivity contribution in [1.82, 2.24) is 5.32 Å². The van der Waals surface area contributed by atoms with Gasteiger partial charge in [0.1, 0.15) is 0 Å². The van der Waals surface area contributed by atoms with E-state index in [1.165, 1.54) is 11.3 Å². The van der Waals surface area contributed by atoms with E-state index < -0.39 is 0 Å². The Labute approximate surface area is 102 Å². The second kappa shape index (κ2) is 5.19. The molecule has 1 unspecified atom stereocenters. The van der Waals surface area contributed by atoms with E-state index in [1.807, 2.05) is 0 Å². The maximum absolute atomic E-state index is 11.1. The van der Waals surface area contributed by atoms with Crippen LogP contribution in [0.25, 0.3) is 0 Å². The topological polar surface area (TPSA) is 58.4 Å². The molecule has 1 atom stereocenters. The molecule has 0 aliphatic carbocycles. The Morgan fingerprint density at radius 3 is 3.06 bits per heavy atom. The Hall–Kier alpha value is -1.55. The summed E-state index contributed by atoms with van der Waals surface area (Å²) in [5.41, 5.74) is 7.95. The molecule has 0 fully saturated rings. The lowest BCUT2D eigenvalue weighted by atomic mass is 10.2. The lowest BCUT2D eigenvalue weighted by Gasteiger charge is -2.27. The predicted octanol–water partition coefficient (Wildman–Crippen LogP) is 0.513. The smallest absolute Gasteiger partial charge is 0.233 e. The van der Waals surface area contributed by atoms with Crippen molar-refractivity contribution in [1.29, 1.82) is 0 Å². The molecule has 0 spiro atoms. The van der Waals surface area contributed by atoms with Crippen molar-refractivity contribution in [2.24, 2.45) is 5.73 Å². The predicted molar refractivity (Wildman–Crippen MR) is 69.0 cm³/mol. The molecule has 3 N–H and O–H groups in total. The van der Waals surface area contributed by atoms with Gasteiger partial charge in [0.2, 0.25) is 5.91 Å². The van der Waals surface area contributed by atoms with Crippen LogP contribution in [0.2, 0.25) is 0 Å². The van der Waals surface area contributed by atoms with Gasteiger partial charge < -0.3 is 16.0 Å². The Morgan fingerprint density at radius 1 is 1.53 bits per heavy atom. The summed E-state index contributed by atoms with van der Waals surface area (Å²) in [5, 5.41) is 2.83. The van der Waals surface area contributed by atoms with Gasteiger partial charge in [0, 0.05) is 24.8 Å². The van der Waals surface area contributed by atoms with Crippen LogP contribution in [0, 0.1) is 0 Å². The lowest BCUT2D eigenvalue weighted by molar-refractivity contribution is -0.119. The maximum Gasteiger partial charge on any atom is 0.233 e. The number of amides is 1. The SMILES string of the molecule is CC(CNC(=O)CN)N1CCc2ccccc21. The molecule has 1 aliphatic rings. The number of nitrogens with zero attached hydrogens (tertiary/aromatic N) is 1. The Balaban J connectivity index is 1.98. The second-order valence-electron chi connectivity index (χ2n) is 4.43. The standard InChI is InChI=1S/C13H19N3O/c1-10(9-15-13(17)8-14)16-7-6-11-4-2-3-5-12(11)16/h2-5,10H,6-9,14H2,1H3,(H,15,17). The summed E-state index contributed by atoms with van der Waals surface area (Å²) in [6.07, 6.45) is 1.09. The summed E-state index contributed by atoms with van der Waals surface area (Å²) >= 11 is 0. The van der Waals surface area contributed by atoms with Crippen LogP contribution in [0.15, 0.2) is 24.3 Å². The van der Waals surface area contributed by atoms with Crippen molar-refractivity contribution in [3.05, 3.63) is 29.8 Å². The largest absolute Gasteiger partial charge is 0.366 e. The van der Waals surface area contributed by atoms with E-state index >= 15 is 0 Å². The molecule has 0 aromatic heterocycles. The van der Waals surface area contributed by atoms with Gasteiger partial charge >= 0.3 is 0 Å². The minimum atomic E-state index is -0.0932. The number of hydrogen-bond acceptors (Lipinski definition) is 3. The van der Waals surface area contributed by atoms with Crippen molar-refractivity contribution in [2.45, 2.75) is 19.4 Å². The fourth-order valence-electron chi connectivity index (χ4n) is 2.27. The van der Waals surface area contributed by atoms with Crippen molar-refractivity contribution < 1.29 is 4.79 Å². The molecule has 1 amide bonds. The highest BCUT2D eigenvalue weighted by molar-refractivity contribution is 5.77. The summed E-state index contributed by atoms with van der Waals surface area (Å²) in [6, 6.07) is 8.74. The molecule has 0 saturated heterocycles. The third kappa shape index (κ3) is 2.58. The summed E-state index contributed by atoms with van der Waals surface area (Å²) in [7, 11) is 0. The first-order valence-corrected chi connectivity index (χ1v) is 6.03. The van der Waals surface area contributed by atoms with Gasteiger partial charge in [-0.2, -0.15) is 0 Å². The van der Waals surface area contributed by atoms with Crippen LogP contribution in [0.3, 0.4) is 0 Å². The molecule has 2 rings (SSSR count). The number of para-hydroxylation sites is 1. The van der Waals surface area contributed by atoms with Crippen LogP contribution < -0.4 is 16.0 Å². The fourth-order valence-corrected chi connectivity index (χ4v) is 2.27. The van der Waals surface area contributed by atoms with E-state index in [1.54, 1.807) is 0 Å². The Morgan fingerprint density at radius 2 is 2.29 bits per heavy atom. The number of carbonyl (C=O) groups is 1. The van der Waals surface area contributed by atoms with Crippen LogP contribution in [-0.2, 0) is 11.2 Å². The number of benzene rings is 1. The number of hydrogen-bond donors (Lipinski definition) is 2. The first kappa shape index (κ1) is 11.9. The first-order valence-electron chi connectivity index (χ1n) is 6.03. The monoisotopic (exact) mass is 233 g/mol. The minimum absolute atomic E-state index is 0.0588. The quantitative estimate of drug-likeness (QED) is 0.797. The highest BCUT2D eigenvalue weighted by Gasteiger charge is 2.22. The molecule has 4 heteroatoms. The van der Waals surface area contributed by atoms with Crippen molar-refractivity contribution in [3.63, 3.8) is 0 Å². The zero-order valence-corrected chi connectivity index (χ0v) is 10.1. The van der Waals surface area contributed by atoms with Crippen molar-refractivity contribution in [3.8, 4) is 0 Å². The van der Waals surface area contributed by atoms with Crippen LogP contribution in [0.4, 0.5) is 5.69 Å². The molecule has 1 heterocycles. The normalized spacial score (nSPS) is 15.5. The highest BCUT2D eigenvalue weighted by atomic mass is 16.1. The first-order chi connectivity index (χ1) is 8.22. The molecule has 0 saturated carbocycles. The van der Waals surface area contributed by atoms with Crippen LogP contribution in [-0.4, -0.2) is 31.6 Å². The van der Waals surface area contributed by atoms with E-state index in [2.05, 4.69) is 41.4 Å². The fraction of sp³-hybridized carbons (Fsp3) is 0.462. The van der Waals surface area contributed by atoms with Crippen LogP contribution in [0.1, 0.15) is 12.5 Å². The molecule has 92 valence electrons. The molecular weight excluding hydrogens is 214 g/mol. The minimum Gasteiger partial charge on any atom is -0.366 e. The molecule has 17 heavy (non-hydrogen) atoms. The number of fused-ring (bicyclic) bond motifs is 1. The zero-order valence-electron chi connectivity index (χ0n) is 10.1. The van der Waals surface area contributed by atoms with E-state index in [4.69, 9.17) is 5.73 Å². The van der Waals surface area contributed by atoms with Crippen LogP contribution in [0.5, 0.6) is 0 Å². The van der Waals surface area contributed by atoms with Gasteiger partial charge in [-0.3, -0.25) is 4.79 Å². The molecule has 4 nitrogen and oxygen atoms in total. The van der Waals surface area contributed by atoms with Crippen LogP contribution >= 0.6 is 0 Å². The number of nitrogens with two attached hydrogens (primary N) is 1. The van der Waals surface area contributed by atoms with Crippen molar-refractivity contribution >= 4 is 11.6 Å². The van der Waals surface area contributed by atoms with Gasteiger partial charge in [-0.05, 0) is 25.0 Å². The van der Waals surface area contributed by atoms with E-state index in [9.17, 15) is 4.79 Å². The van der Waals surface area contributed by atoms with Gasteiger partial charge in [0.25, 0.3) is 0 Å². The average Bonchev–Trinajstić information content (AvgIpc) is 2.79. The Bertz CT molecular complexity index is 405. The van der Waals surface area contributed by atoms with Crippen molar-refractivity contribution in [2.75, 3.05) is 24.5 Å². The summed E-state index contributed by atoms with van der Waals surface area (Å²) in [6.45, 7) is 3.85. The number of anilines is 1. The lowest BCUT2D eigenvalue weighted by Crippen LogP contribution is -2.43. The number of rotatable bonds is 4. The summed E-state index contributed by atoms with van der Waals surface area (Å²) < 4.78 is 0. The molecule has 1 aromatic rings. The van der Waals surface area contributed by atoms with Gasteiger partial charge in [-0.1, -0.05) is 18.2 Å².